The van der Waals surface area contributed by atoms with Crippen molar-refractivity contribution in [2.45, 2.75) is 77.5 Å². The minimum atomic E-state index is -0.193. The van der Waals surface area contributed by atoms with E-state index in [1.807, 2.05) is 20.8 Å². The first-order valence-electron chi connectivity index (χ1n) is 12.3. The van der Waals surface area contributed by atoms with E-state index in [9.17, 15) is 14.4 Å². The van der Waals surface area contributed by atoms with Gasteiger partial charge in [0.05, 0.1) is 35.3 Å². The summed E-state index contributed by atoms with van der Waals surface area (Å²) in [6.45, 7) is 6.15. The van der Waals surface area contributed by atoms with Crippen LogP contribution >= 0.6 is 23.2 Å². The van der Waals surface area contributed by atoms with Crippen LogP contribution in [-0.4, -0.2) is 45.5 Å². The fourth-order valence-electron chi connectivity index (χ4n) is 5.18. The Morgan fingerprint density at radius 1 is 1.14 bits per heavy atom. The van der Waals surface area contributed by atoms with E-state index in [-0.39, 0.29) is 48.0 Å². The fourth-order valence-corrected chi connectivity index (χ4v) is 5.47. The maximum Gasteiger partial charge on any atom is 0.308 e. The number of methoxy groups -OCH3 is 1. The van der Waals surface area contributed by atoms with E-state index in [2.05, 4.69) is 5.32 Å². The first-order chi connectivity index (χ1) is 17.1. The first kappa shape index (κ1) is 26.5. The molecule has 2 aliphatic rings. The molecular weight excluding hydrogens is 503 g/mol. The number of ether oxygens (including phenoxy) is 1. The summed E-state index contributed by atoms with van der Waals surface area (Å²) in [6.07, 6.45) is 3.15. The Bertz CT molecular complexity index is 1220. The van der Waals surface area contributed by atoms with Gasteiger partial charge in [0.25, 0.3) is 11.5 Å². The summed E-state index contributed by atoms with van der Waals surface area (Å²) in [4.78, 5) is 45.7. The molecule has 2 aromatic rings. The van der Waals surface area contributed by atoms with Gasteiger partial charge >= 0.3 is 5.97 Å². The fraction of sp³-hybridized carbons (Fsp3) is 0.538. The zero-order valence-corrected chi connectivity index (χ0v) is 22.5. The van der Waals surface area contributed by atoms with Gasteiger partial charge in [-0.3, -0.25) is 19.0 Å². The Morgan fingerprint density at radius 2 is 1.83 bits per heavy atom. The number of halogens is 2. The van der Waals surface area contributed by atoms with Crippen LogP contribution in [0.5, 0.6) is 0 Å². The van der Waals surface area contributed by atoms with Crippen LogP contribution in [0, 0.1) is 5.92 Å². The topological polar surface area (TPSA) is 93.5 Å². The zero-order valence-electron chi connectivity index (χ0n) is 21.0. The minimum Gasteiger partial charge on any atom is -0.469 e. The monoisotopic (exact) mass is 534 g/mol. The molecule has 4 rings (SSSR count). The maximum atomic E-state index is 13.8. The van der Waals surface area contributed by atoms with Crippen LogP contribution < -0.4 is 10.9 Å². The molecule has 1 aromatic carbocycles. The van der Waals surface area contributed by atoms with E-state index in [1.165, 1.54) is 7.11 Å². The molecule has 1 saturated carbocycles. The van der Waals surface area contributed by atoms with Crippen molar-refractivity contribution in [2.24, 2.45) is 5.92 Å². The van der Waals surface area contributed by atoms with Gasteiger partial charge in [0.1, 0.15) is 0 Å². The smallest absolute Gasteiger partial charge is 0.308 e. The molecular formula is C26H32Cl2N4O4. The molecule has 0 saturated heterocycles. The van der Waals surface area contributed by atoms with E-state index in [1.54, 1.807) is 27.7 Å². The summed E-state index contributed by atoms with van der Waals surface area (Å²) in [7, 11) is 1.41. The highest BCUT2D eigenvalue weighted by atomic mass is 35.5. The first-order valence-corrected chi connectivity index (χ1v) is 13.1. The number of aromatic nitrogens is 2. The number of carbonyl (C=O) groups is 2. The van der Waals surface area contributed by atoms with E-state index < -0.39 is 0 Å². The van der Waals surface area contributed by atoms with Crippen molar-refractivity contribution >= 4 is 41.0 Å². The highest BCUT2D eigenvalue weighted by Gasteiger charge is 2.35. The largest absolute Gasteiger partial charge is 0.469 e. The lowest BCUT2D eigenvalue weighted by atomic mass is 9.85. The van der Waals surface area contributed by atoms with Gasteiger partial charge in [0.2, 0.25) is 5.95 Å². The summed E-state index contributed by atoms with van der Waals surface area (Å²) in [5, 5.41) is 4.04. The van der Waals surface area contributed by atoms with Crippen molar-refractivity contribution in [3.8, 4) is 0 Å². The molecule has 8 nitrogen and oxygen atoms in total. The molecule has 36 heavy (non-hydrogen) atoms. The van der Waals surface area contributed by atoms with E-state index in [0.29, 0.717) is 64.9 Å². The second-order valence-electron chi connectivity index (χ2n) is 9.98. The number of hydrogen-bond acceptors (Lipinski definition) is 6. The molecule has 0 bridgehead atoms. The number of hydrogen-bond donors (Lipinski definition) is 1. The van der Waals surface area contributed by atoms with E-state index in [0.717, 1.165) is 0 Å². The molecule has 1 atom stereocenters. The SMILES string of the molecule is COC(=O)C1CCC(n2c(NC(C)C)nc3c(c2=O)C[C@@H](C)N(C(=O)c2ccc(Cl)c(Cl)c2)C3)CC1. The average Bonchev–Trinajstić information content (AvgIpc) is 2.85. The summed E-state index contributed by atoms with van der Waals surface area (Å²) >= 11 is 12.2. The predicted molar refractivity (Wildman–Crippen MR) is 140 cm³/mol. The molecule has 2 heterocycles. The third kappa shape index (κ3) is 5.25. The number of carbonyl (C=O) groups excluding carboxylic acids is 2. The van der Waals surface area contributed by atoms with E-state index >= 15 is 0 Å². The van der Waals surface area contributed by atoms with Crippen LogP contribution in [-0.2, 0) is 22.5 Å². The Hall–Kier alpha value is -2.58. The lowest BCUT2D eigenvalue weighted by Gasteiger charge is -2.36. The van der Waals surface area contributed by atoms with Gasteiger partial charge in [-0.2, -0.15) is 0 Å². The van der Waals surface area contributed by atoms with Gasteiger partial charge in [-0.1, -0.05) is 23.2 Å². The molecule has 0 unspecified atom stereocenters. The Labute approximate surface area is 220 Å². The van der Waals surface area contributed by atoms with Crippen molar-refractivity contribution < 1.29 is 14.3 Å². The number of nitrogens with one attached hydrogen (secondary N) is 1. The van der Waals surface area contributed by atoms with Crippen molar-refractivity contribution in [3.63, 3.8) is 0 Å². The van der Waals surface area contributed by atoms with Crippen LogP contribution in [0.2, 0.25) is 10.0 Å². The standard InChI is InChI=1S/C26H32Cl2N4O4/c1-14(2)29-26-30-22-13-31(23(33)17-7-10-20(27)21(28)12-17)15(3)11-19(22)24(34)32(26)18-8-5-16(6-9-18)25(35)36-4/h7,10,12,14-16,18H,5-6,8-9,11,13H2,1-4H3,(H,29,30)/t15-,16?,18?/m1/s1. The van der Waals surface area contributed by atoms with Crippen LogP contribution in [0.4, 0.5) is 5.95 Å². The average molecular weight is 535 g/mol. The van der Waals surface area contributed by atoms with Crippen LogP contribution in [0.25, 0.3) is 0 Å². The lowest BCUT2D eigenvalue weighted by Crippen LogP contribution is -2.46. The lowest BCUT2D eigenvalue weighted by molar-refractivity contribution is -0.146. The second kappa shape index (κ2) is 10.8. The molecule has 1 fully saturated rings. The number of nitrogens with zero attached hydrogens (tertiary/aromatic N) is 3. The number of fused-ring (bicyclic) bond motifs is 1. The molecule has 1 aromatic heterocycles. The molecule has 0 spiro atoms. The molecule has 10 heteroatoms. The van der Waals surface area contributed by atoms with Crippen molar-refractivity contribution in [1.82, 2.24) is 14.5 Å². The van der Waals surface area contributed by atoms with Crippen LogP contribution in [0.1, 0.15) is 74.1 Å². The van der Waals surface area contributed by atoms with Crippen LogP contribution in [0.15, 0.2) is 23.0 Å². The number of amides is 1. The Balaban J connectivity index is 1.66. The number of benzene rings is 1. The predicted octanol–water partition coefficient (Wildman–Crippen LogP) is 4.86. The third-order valence-electron chi connectivity index (χ3n) is 7.09. The summed E-state index contributed by atoms with van der Waals surface area (Å²) < 4.78 is 6.69. The van der Waals surface area contributed by atoms with Crippen LogP contribution in [0.3, 0.4) is 0 Å². The molecule has 194 valence electrons. The maximum absolute atomic E-state index is 13.8. The van der Waals surface area contributed by atoms with Gasteiger partial charge in [-0.15, -0.1) is 0 Å². The zero-order chi connectivity index (χ0) is 26.1. The Morgan fingerprint density at radius 3 is 2.44 bits per heavy atom. The Kier molecular flexibility index (Phi) is 7.95. The van der Waals surface area contributed by atoms with Crippen molar-refractivity contribution in [3.05, 3.63) is 55.4 Å². The molecule has 1 aliphatic heterocycles. The highest BCUT2D eigenvalue weighted by molar-refractivity contribution is 6.42. The summed E-state index contributed by atoms with van der Waals surface area (Å²) in [6, 6.07) is 4.64. The summed E-state index contributed by atoms with van der Waals surface area (Å²) in [5.74, 6) is 0.00409. The van der Waals surface area contributed by atoms with Gasteiger partial charge in [-0.05, 0) is 71.1 Å². The molecule has 0 radical (unpaired) electrons. The molecule has 1 amide bonds. The highest BCUT2D eigenvalue weighted by Crippen LogP contribution is 2.34. The van der Waals surface area contributed by atoms with Crippen molar-refractivity contribution in [1.29, 1.82) is 0 Å². The van der Waals surface area contributed by atoms with Crippen molar-refractivity contribution in [2.75, 3.05) is 12.4 Å². The molecule has 1 aliphatic carbocycles. The normalized spacial score (nSPS) is 21.8. The minimum absolute atomic E-state index is 0.0522. The quantitative estimate of drug-likeness (QED) is 0.550. The van der Waals surface area contributed by atoms with Gasteiger partial charge in [0.15, 0.2) is 0 Å². The van der Waals surface area contributed by atoms with Gasteiger partial charge < -0.3 is 15.0 Å². The van der Waals surface area contributed by atoms with Gasteiger partial charge in [0, 0.05) is 29.3 Å². The summed E-state index contributed by atoms with van der Waals surface area (Å²) in [5.41, 5.74) is 1.62. The number of anilines is 1. The third-order valence-corrected chi connectivity index (χ3v) is 7.83. The number of rotatable bonds is 5. The molecule has 1 N–H and O–H groups in total. The van der Waals surface area contributed by atoms with Gasteiger partial charge in [-0.25, -0.2) is 4.98 Å². The second-order valence-corrected chi connectivity index (χ2v) is 10.8. The number of esters is 1. The van der Waals surface area contributed by atoms with E-state index in [4.69, 9.17) is 32.9 Å².